The summed E-state index contributed by atoms with van der Waals surface area (Å²) >= 11 is 0. The van der Waals surface area contributed by atoms with E-state index in [0.717, 1.165) is 25.2 Å². The molecule has 0 saturated heterocycles. The lowest BCUT2D eigenvalue weighted by atomic mass is 10.1. The minimum atomic E-state index is -0.798. The van der Waals surface area contributed by atoms with Crippen molar-refractivity contribution in [2.75, 3.05) is 7.05 Å². The molecule has 1 N–H and O–H groups in total. The first-order valence-electron chi connectivity index (χ1n) is 7.49. The first-order valence-corrected chi connectivity index (χ1v) is 7.49. The molecule has 2 aromatic rings. The zero-order chi connectivity index (χ0) is 16.1. The summed E-state index contributed by atoms with van der Waals surface area (Å²) in [5.41, 5.74) is 4.47. The number of nitrogens with zero attached hydrogens (tertiary/aromatic N) is 3. The van der Waals surface area contributed by atoms with Crippen molar-refractivity contribution in [1.29, 1.82) is 0 Å². The molecule has 0 aliphatic carbocycles. The van der Waals surface area contributed by atoms with Crippen LogP contribution in [0.15, 0.2) is 30.5 Å². The minimum absolute atomic E-state index is 0.0749. The topological polar surface area (TPSA) is 58.4 Å². The van der Waals surface area contributed by atoms with Gasteiger partial charge in [0.1, 0.15) is 0 Å². The van der Waals surface area contributed by atoms with Gasteiger partial charge in [0.25, 0.3) is 0 Å². The van der Waals surface area contributed by atoms with E-state index in [2.05, 4.69) is 30.9 Å². The molecule has 1 heterocycles. The molecule has 0 bridgehead atoms. The smallest absolute Gasteiger partial charge is 0.307 e. The largest absolute Gasteiger partial charge is 0.481 e. The number of carboxylic acids is 1. The molecule has 118 valence electrons. The maximum atomic E-state index is 10.7. The van der Waals surface area contributed by atoms with Crippen molar-refractivity contribution in [3.8, 4) is 0 Å². The third-order valence-electron chi connectivity index (χ3n) is 3.78. The number of hydrogen-bond acceptors (Lipinski definition) is 3. The van der Waals surface area contributed by atoms with Gasteiger partial charge in [-0.3, -0.25) is 14.4 Å². The minimum Gasteiger partial charge on any atom is -0.481 e. The van der Waals surface area contributed by atoms with Gasteiger partial charge in [0.2, 0.25) is 0 Å². The highest BCUT2D eigenvalue weighted by Gasteiger charge is 2.09. The second kappa shape index (κ2) is 7.22. The van der Waals surface area contributed by atoms with Gasteiger partial charge in [0.05, 0.1) is 12.6 Å². The van der Waals surface area contributed by atoms with Crippen LogP contribution in [0.25, 0.3) is 0 Å². The molecule has 5 nitrogen and oxygen atoms in total. The van der Waals surface area contributed by atoms with Gasteiger partial charge in [0, 0.05) is 30.9 Å². The van der Waals surface area contributed by atoms with Crippen LogP contribution in [0.5, 0.6) is 0 Å². The van der Waals surface area contributed by atoms with Crippen molar-refractivity contribution in [1.82, 2.24) is 14.7 Å². The molecule has 0 amide bonds. The Morgan fingerprint density at radius 2 is 1.86 bits per heavy atom. The molecule has 0 atom stereocenters. The Balaban J connectivity index is 1.95. The molecule has 0 spiro atoms. The molecule has 0 radical (unpaired) electrons. The first-order chi connectivity index (χ1) is 10.5. The van der Waals surface area contributed by atoms with E-state index < -0.39 is 5.97 Å². The zero-order valence-corrected chi connectivity index (χ0v) is 13.4. The summed E-state index contributed by atoms with van der Waals surface area (Å²) in [5.74, 6) is -0.798. The van der Waals surface area contributed by atoms with Crippen LogP contribution in [0.3, 0.4) is 0 Å². The molecule has 0 aliphatic heterocycles. The summed E-state index contributed by atoms with van der Waals surface area (Å²) in [4.78, 5) is 12.9. The van der Waals surface area contributed by atoms with Gasteiger partial charge in [-0.2, -0.15) is 5.10 Å². The van der Waals surface area contributed by atoms with Gasteiger partial charge in [-0.1, -0.05) is 24.3 Å². The molecule has 0 fully saturated rings. The number of carbonyl (C=O) groups is 1. The van der Waals surface area contributed by atoms with Crippen molar-refractivity contribution in [2.45, 2.75) is 39.9 Å². The Kier molecular flexibility index (Phi) is 5.33. The van der Waals surface area contributed by atoms with Crippen LogP contribution in [0, 0.1) is 6.92 Å². The molecular formula is C17H23N3O2. The van der Waals surface area contributed by atoms with Gasteiger partial charge in [-0.05, 0) is 32.0 Å². The standard InChI is InChI=1S/C17H23N3O2/c1-4-20-13(2)16(10-18-20)12-19(3)11-15-7-5-14(6-8-15)9-17(21)22/h5-8,10H,4,9,11-12H2,1-3H3,(H,21,22). The van der Waals surface area contributed by atoms with Gasteiger partial charge in [0.15, 0.2) is 0 Å². The molecular weight excluding hydrogens is 278 g/mol. The number of benzene rings is 1. The number of carboxylic acid groups (broad SMARTS) is 1. The maximum Gasteiger partial charge on any atom is 0.307 e. The van der Waals surface area contributed by atoms with E-state index in [-0.39, 0.29) is 6.42 Å². The lowest BCUT2D eigenvalue weighted by Crippen LogP contribution is -2.17. The van der Waals surface area contributed by atoms with Crippen LogP contribution in [0.1, 0.15) is 29.3 Å². The fraction of sp³-hybridized carbons (Fsp3) is 0.412. The highest BCUT2D eigenvalue weighted by Crippen LogP contribution is 2.13. The summed E-state index contributed by atoms with van der Waals surface area (Å²) in [5, 5.41) is 13.1. The van der Waals surface area contributed by atoms with E-state index in [1.165, 1.54) is 16.8 Å². The number of aryl methyl sites for hydroxylation is 1. The predicted molar refractivity (Wildman–Crippen MR) is 85.6 cm³/mol. The average molecular weight is 301 g/mol. The predicted octanol–water partition coefficient (Wildman–Crippen LogP) is 2.47. The van der Waals surface area contributed by atoms with Crippen molar-refractivity contribution in [3.63, 3.8) is 0 Å². The van der Waals surface area contributed by atoms with E-state index in [0.29, 0.717) is 0 Å². The number of rotatable bonds is 7. The molecule has 1 aromatic heterocycles. The van der Waals surface area contributed by atoms with Crippen LogP contribution >= 0.6 is 0 Å². The zero-order valence-electron chi connectivity index (χ0n) is 13.4. The van der Waals surface area contributed by atoms with E-state index in [1.54, 1.807) is 0 Å². The SMILES string of the molecule is CCn1ncc(CN(C)Cc2ccc(CC(=O)O)cc2)c1C. The third kappa shape index (κ3) is 4.18. The van der Waals surface area contributed by atoms with Crippen molar-refractivity contribution < 1.29 is 9.90 Å². The normalized spacial score (nSPS) is 11.1. The van der Waals surface area contributed by atoms with Crippen molar-refractivity contribution in [2.24, 2.45) is 0 Å². The summed E-state index contributed by atoms with van der Waals surface area (Å²) in [7, 11) is 2.08. The summed E-state index contributed by atoms with van der Waals surface area (Å²) in [6.07, 6.45) is 2.01. The van der Waals surface area contributed by atoms with Crippen LogP contribution in [-0.4, -0.2) is 32.8 Å². The second-order valence-corrected chi connectivity index (χ2v) is 5.63. The Labute approximate surface area is 131 Å². The number of aromatic nitrogens is 2. The lowest BCUT2D eigenvalue weighted by molar-refractivity contribution is -0.136. The van der Waals surface area contributed by atoms with Crippen LogP contribution in [0.4, 0.5) is 0 Å². The lowest BCUT2D eigenvalue weighted by Gasteiger charge is -2.16. The molecule has 0 aliphatic rings. The molecule has 22 heavy (non-hydrogen) atoms. The average Bonchev–Trinajstić information content (AvgIpc) is 2.81. The Hall–Kier alpha value is -2.14. The number of hydrogen-bond donors (Lipinski definition) is 1. The summed E-state index contributed by atoms with van der Waals surface area (Å²) in [6, 6.07) is 7.77. The highest BCUT2D eigenvalue weighted by atomic mass is 16.4. The van der Waals surface area contributed by atoms with Gasteiger partial charge in [-0.25, -0.2) is 0 Å². The molecule has 5 heteroatoms. The summed E-state index contributed by atoms with van der Waals surface area (Å²) in [6.45, 7) is 6.75. The molecule has 2 rings (SSSR count). The van der Waals surface area contributed by atoms with Gasteiger partial charge in [-0.15, -0.1) is 0 Å². The van der Waals surface area contributed by atoms with Crippen LogP contribution < -0.4 is 0 Å². The first kappa shape index (κ1) is 16.2. The van der Waals surface area contributed by atoms with Crippen molar-refractivity contribution in [3.05, 3.63) is 52.8 Å². The molecule has 1 aromatic carbocycles. The van der Waals surface area contributed by atoms with Crippen molar-refractivity contribution >= 4 is 5.97 Å². The number of aliphatic carboxylic acids is 1. The second-order valence-electron chi connectivity index (χ2n) is 5.63. The monoisotopic (exact) mass is 301 g/mol. The van der Waals surface area contributed by atoms with E-state index in [1.807, 2.05) is 35.1 Å². The fourth-order valence-electron chi connectivity index (χ4n) is 2.55. The van der Waals surface area contributed by atoms with Gasteiger partial charge < -0.3 is 5.11 Å². The van der Waals surface area contributed by atoms with E-state index >= 15 is 0 Å². The molecule has 0 unspecified atom stereocenters. The van der Waals surface area contributed by atoms with E-state index in [4.69, 9.17) is 5.11 Å². The Morgan fingerprint density at radius 3 is 2.41 bits per heavy atom. The van der Waals surface area contributed by atoms with E-state index in [9.17, 15) is 4.79 Å². The fourth-order valence-corrected chi connectivity index (χ4v) is 2.55. The Bertz CT molecular complexity index is 632. The Morgan fingerprint density at radius 1 is 1.23 bits per heavy atom. The van der Waals surface area contributed by atoms with Crippen LogP contribution in [0.2, 0.25) is 0 Å². The quantitative estimate of drug-likeness (QED) is 0.853. The summed E-state index contributed by atoms with van der Waals surface area (Å²) < 4.78 is 2.00. The van der Waals surface area contributed by atoms with Crippen LogP contribution in [-0.2, 0) is 30.8 Å². The van der Waals surface area contributed by atoms with Gasteiger partial charge >= 0.3 is 5.97 Å². The highest BCUT2D eigenvalue weighted by molar-refractivity contribution is 5.70. The maximum absolute atomic E-state index is 10.7. The molecule has 0 saturated carbocycles. The third-order valence-corrected chi connectivity index (χ3v) is 3.78.